The predicted octanol–water partition coefficient (Wildman–Crippen LogP) is 5.92. The highest BCUT2D eigenvalue weighted by atomic mass is 31.1. The Hall–Kier alpha value is -3.10. The van der Waals surface area contributed by atoms with Crippen molar-refractivity contribution in [3.63, 3.8) is 0 Å². The summed E-state index contributed by atoms with van der Waals surface area (Å²) < 4.78 is 2.22. The lowest BCUT2D eigenvalue weighted by Gasteiger charge is -2.31. The Bertz CT molecular complexity index is 1200. The van der Waals surface area contributed by atoms with Crippen molar-refractivity contribution in [2.45, 2.75) is 19.3 Å². The van der Waals surface area contributed by atoms with Gasteiger partial charge in [0.15, 0.2) is 0 Å². The van der Waals surface area contributed by atoms with Crippen LogP contribution in [0.4, 0.5) is 17.1 Å². The Balaban J connectivity index is 1.69. The van der Waals surface area contributed by atoms with Crippen LogP contribution in [0.2, 0.25) is 0 Å². The number of hydrogen-bond donors (Lipinski definition) is 0. The lowest BCUT2D eigenvalue weighted by atomic mass is 9.84. The van der Waals surface area contributed by atoms with Crippen LogP contribution in [0.3, 0.4) is 0 Å². The molecule has 1 atom stereocenters. The Morgan fingerprint density at radius 2 is 1.50 bits per heavy atom. The molecular formula is C27H29N4P. The van der Waals surface area contributed by atoms with E-state index in [1.165, 1.54) is 33.3 Å². The van der Waals surface area contributed by atoms with Crippen LogP contribution in [0, 0.1) is 0 Å². The van der Waals surface area contributed by atoms with Crippen molar-refractivity contribution in [1.29, 1.82) is 0 Å². The number of benzene rings is 3. The molecule has 162 valence electrons. The molecule has 3 aromatic rings. The third-order valence-electron chi connectivity index (χ3n) is 6.41. The molecule has 0 radical (unpaired) electrons. The number of anilines is 3. The number of hydrogen-bond acceptors (Lipinski definition) is 4. The van der Waals surface area contributed by atoms with Crippen molar-refractivity contribution < 1.29 is 0 Å². The summed E-state index contributed by atoms with van der Waals surface area (Å²) in [6, 6.07) is 28.2. The first kappa shape index (κ1) is 20.8. The second kappa shape index (κ2) is 7.79. The molecule has 2 aliphatic rings. The zero-order valence-electron chi connectivity index (χ0n) is 19.3. The molecule has 0 bridgehead atoms. The van der Waals surface area contributed by atoms with Gasteiger partial charge in [-0.3, -0.25) is 0 Å². The third-order valence-corrected chi connectivity index (χ3v) is 8.70. The van der Waals surface area contributed by atoms with Gasteiger partial charge in [-0.2, -0.15) is 5.10 Å². The van der Waals surface area contributed by atoms with E-state index in [2.05, 4.69) is 135 Å². The molecule has 0 N–H and O–H groups in total. The van der Waals surface area contributed by atoms with Crippen LogP contribution >= 0.6 is 8.07 Å². The van der Waals surface area contributed by atoms with Gasteiger partial charge in [0.25, 0.3) is 0 Å². The van der Waals surface area contributed by atoms with Crippen LogP contribution in [0.1, 0.15) is 19.4 Å². The summed E-state index contributed by atoms with van der Waals surface area (Å²) in [5, 5.41) is 7.56. The molecule has 0 aliphatic carbocycles. The molecule has 3 aromatic carbocycles. The van der Waals surface area contributed by atoms with Crippen LogP contribution in [0.5, 0.6) is 0 Å². The van der Waals surface area contributed by atoms with E-state index < -0.39 is 8.07 Å². The van der Waals surface area contributed by atoms with Crippen molar-refractivity contribution in [1.82, 2.24) is 0 Å². The first-order chi connectivity index (χ1) is 15.4. The van der Waals surface area contributed by atoms with Crippen molar-refractivity contribution in [2.75, 3.05) is 35.7 Å². The number of allylic oxidation sites excluding steroid dienone is 2. The summed E-state index contributed by atoms with van der Waals surface area (Å²) in [4.78, 5) is 4.51. The summed E-state index contributed by atoms with van der Waals surface area (Å²) in [6.45, 7) is 4.67. The maximum Gasteiger partial charge on any atom is 0.0840 e. The zero-order chi connectivity index (χ0) is 22.5. The molecule has 5 heteroatoms. The van der Waals surface area contributed by atoms with E-state index in [0.717, 1.165) is 5.69 Å². The van der Waals surface area contributed by atoms with Gasteiger partial charge >= 0.3 is 0 Å². The van der Waals surface area contributed by atoms with Gasteiger partial charge in [-0.1, -0.05) is 62.4 Å². The summed E-state index contributed by atoms with van der Waals surface area (Å²) >= 11 is 0. The number of para-hydroxylation sites is 2. The van der Waals surface area contributed by atoms with E-state index in [1.54, 1.807) is 0 Å². The quantitative estimate of drug-likeness (QED) is 0.472. The standard InChI is InChI=1S/C27H29N4P/c1-27(2)23-13-9-10-14-24(23)30(5)26(27)25-19-28-31(21-11-7-6-8-12-21)32(25)22-17-15-20(16-18-22)29(3)4/h6-19H,1-5H3. The normalized spacial score (nSPS) is 21.2. The number of nitrogens with zero attached hydrogens (tertiary/aromatic N) is 4. The Morgan fingerprint density at radius 3 is 2.16 bits per heavy atom. The van der Waals surface area contributed by atoms with Crippen molar-refractivity contribution >= 4 is 36.7 Å². The van der Waals surface area contributed by atoms with Crippen LogP contribution in [-0.4, -0.2) is 27.4 Å². The molecule has 1 unspecified atom stereocenters. The van der Waals surface area contributed by atoms with Crippen LogP contribution in [0.15, 0.2) is 95.0 Å². The topological polar surface area (TPSA) is 22.1 Å². The molecule has 0 amide bonds. The second-order valence-corrected chi connectivity index (χ2v) is 11.0. The smallest absolute Gasteiger partial charge is 0.0840 e. The van der Waals surface area contributed by atoms with Crippen LogP contribution in [-0.2, 0) is 5.41 Å². The van der Waals surface area contributed by atoms with E-state index in [4.69, 9.17) is 5.10 Å². The van der Waals surface area contributed by atoms with Gasteiger partial charge < -0.3 is 9.80 Å². The number of likely N-dealkylation sites (N-methyl/N-ethyl adjacent to an activating group) is 1. The Morgan fingerprint density at radius 1 is 0.844 bits per heavy atom. The maximum atomic E-state index is 4.95. The van der Waals surface area contributed by atoms with Crippen molar-refractivity contribution in [3.8, 4) is 0 Å². The summed E-state index contributed by atoms with van der Waals surface area (Å²) in [6.07, 6.45) is 2.10. The van der Waals surface area contributed by atoms with Crippen LogP contribution in [0.25, 0.3) is 0 Å². The Kier molecular flexibility index (Phi) is 5.06. The molecule has 5 rings (SSSR count). The van der Waals surface area contributed by atoms with Crippen molar-refractivity contribution in [3.05, 3.63) is 95.4 Å². The van der Waals surface area contributed by atoms with E-state index in [0.29, 0.717) is 0 Å². The molecule has 2 aliphatic heterocycles. The first-order valence-corrected chi connectivity index (χ1v) is 12.2. The second-order valence-electron chi connectivity index (χ2n) is 9.03. The van der Waals surface area contributed by atoms with Crippen molar-refractivity contribution in [2.24, 2.45) is 5.10 Å². The van der Waals surface area contributed by atoms with Gasteiger partial charge in [0.2, 0.25) is 0 Å². The lowest BCUT2D eigenvalue weighted by molar-refractivity contribution is 0.640. The fourth-order valence-electron chi connectivity index (χ4n) is 4.82. The molecule has 0 aromatic heterocycles. The Labute approximate surface area is 192 Å². The van der Waals surface area contributed by atoms with E-state index in [-0.39, 0.29) is 5.41 Å². The van der Waals surface area contributed by atoms with Gasteiger partial charge in [-0.25, -0.2) is 4.78 Å². The number of hydrazone groups is 1. The summed E-state index contributed by atoms with van der Waals surface area (Å²) in [5.41, 5.74) is 6.22. The highest BCUT2D eigenvalue weighted by Crippen LogP contribution is 2.59. The fourth-order valence-corrected chi connectivity index (χ4v) is 7.26. The fraction of sp³-hybridized carbons (Fsp3) is 0.222. The largest absolute Gasteiger partial charge is 0.378 e. The van der Waals surface area contributed by atoms with Gasteiger partial charge in [0.05, 0.1) is 20.0 Å². The maximum absolute atomic E-state index is 4.95. The highest BCUT2D eigenvalue weighted by molar-refractivity contribution is 7.72. The first-order valence-electron chi connectivity index (χ1n) is 10.9. The number of fused-ring (bicyclic) bond motifs is 1. The zero-order valence-corrected chi connectivity index (χ0v) is 20.2. The predicted molar refractivity (Wildman–Crippen MR) is 140 cm³/mol. The average Bonchev–Trinajstić information content (AvgIpc) is 3.31. The minimum atomic E-state index is -0.843. The molecule has 2 heterocycles. The average molecular weight is 441 g/mol. The van der Waals surface area contributed by atoms with E-state index >= 15 is 0 Å². The molecule has 0 fully saturated rings. The monoisotopic (exact) mass is 440 g/mol. The summed E-state index contributed by atoms with van der Waals surface area (Å²) in [5.74, 6) is 0. The molecular weight excluding hydrogens is 411 g/mol. The third kappa shape index (κ3) is 3.22. The molecule has 0 spiro atoms. The lowest BCUT2D eigenvalue weighted by Crippen LogP contribution is -2.26. The molecule has 0 saturated carbocycles. The van der Waals surface area contributed by atoms with Gasteiger partial charge in [-0.05, 0) is 35.9 Å². The van der Waals surface area contributed by atoms with Gasteiger partial charge in [0, 0.05) is 54.2 Å². The van der Waals surface area contributed by atoms with Gasteiger partial charge in [0.1, 0.15) is 0 Å². The minimum absolute atomic E-state index is 0.0937. The molecule has 4 nitrogen and oxygen atoms in total. The SMILES string of the molecule is CN(C)c1ccc(P2C(=C3N(C)c4ccccc4C3(C)C)C=NN2c2ccccc2)cc1. The van der Waals surface area contributed by atoms with E-state index in [9.17, 15) is 0 Å². The highest BCUT2D eigenvalue weighted by Gasteiger charge is 2.44. The molecule has 0 saturated heterocycles. The summed E-state index contributed by atoms with van der Waals surface area (Å²) in [7, 11) is 5.51. The molecule has 32 heavy (non-hydrogen) atoms. The van der Waals surface area contributed by atoms with E-state index in [1.807, 2.05) is 0 Å². The van der Waals surface area contributed by atoms with Gasteiger partial charge in [-0.15, -0.1) is 0 Å². The minimum Gasteiger partial charge on any atom is -0.378 e. The van der Waals surface area contributed by atoms with Crippen LogP contribution < -0.4 is 19.9 Å². The number of rotatable bonds is 3.